The van der Waals surface area contributed by atoms with Gasteiger partial charge in [-0.3, -0.25) is 4.79 Å². The lowest BCUT2D eigenvalue weighted by molar-refractivity contribution is -0.127. The van der Waals surface area contributed by atoms with Gasteiger partial charge in [-0.2, -0.15) is 0 Å². The Morgan fingerprint density at radius 1 is 1.15 bits per heavy atom. The average Bonchev–Trinajstić information content (AvgIpc) is 2.62. The first-order valence-electron chi connectivity index (χ1n) is 9.19. The van der Waals surface area contributed by atoms with Crippen molar-refractivity contribution in [3.8, 4) is 5.75 Å². The number of hydrogen-bond acceptors (Lipinski definition) is 3. The van der Waals surface area contributed by atoms with E-state index in [1.807, 2.05) is 24.3 Å². The number of methoxy groups -OCH3 is 1. The Labute approximate surface area is 181 Å². The molecule has 0 saturated carbocycles. The first-order valence-corrected chi connectivity index (χ1v) is 9.19. The maximum atomic E-state index is 11.9. The number of aliphatic imine (C=N–C) groups is 1. The van der Waals surface area contributed by atoms with Crippen molar-refractivity contribution in [1.82, 2.24) is 15.5 Å². The van der Waals surface area contributed by atoms with Gasteiger partial charge in [-0.15, -0.1) is 24.0 Å². The monoisotopic (exact) mass is 490 g/mol. The SMILES string of the molecule is COc1ccc(CN=C(NCC(=O)N(C)C)NC(C)CCC(C)C)cc1.I. The van der Waals surface area contributed by atoms with Crippen LogP contribution in [-0.2, 0) is 11.3 Å². The van der Waals surface area contributed by atoms with Gasteiger partial charge in [-0.1, -0.05) is 26.0 Å². The first-order chi connectivity index (χ1) is 12.3. The molecule has 0 aromatic heterocycles. The van der Waals surface area contributed by atoms with Crippen LogP contribution in [0.15, 0.2) is 29.3 Å². The van der Waals surface area contributed by atoms with Gasteiger partial charge >= 0.3 is 0 Å². The molecular weight excluding hydrogens is 455 g/mol. The minimum atomic E-state index is 0. The molecule has 1 atom stereocenters. The van der Waals surface area contributed by atoms with Crippen LogP contribution in [0.1, 0.15) is 39.2 Å². The van der Waals surface area contributed by atoms with Crippen LogP contribution in [-0.4, -0.2) is 50.6 Å². The quantitative estimate of drug-likeness (QED) is 0.317. The molecule has 0 heterocycles. The number of carbonyl (C=O) groups excluding carboxylic acids is 1. The fraction of sp³-hybridized carbons (Fsp3) is 0.600. The van der Waals surface area contributed by atoms with Gasteiger partial charge in [0.15, 0.2) is 5.96 Å². The summed E-state index contributed by atoms with van der Waals surface area (Å²) in [7, 11) is 5.15. The average molecular weight is 490 g/mol. The number of nitrogens with zero attached hydrogens (tertiary/aromatic N) is 2. The summed E-state index contributed by atoms with van der Waals surface area (Å²) < 4.78 is 5.18. The predicted molar refractivity (Wildman–Crippen MR) is 123 cm³/mol. The van der Waals surface area contributed by atoms with Crippen LogP contribution in [0.2, 0.25) is 0 Å². The Morgan fingerprint density at radius 2 is 1.78 bits per heavy atom. The van der Waals surface area contributed by atoms with E-state index >= 15 is 0 Å². The van der Waals surface area contributed by atoms with E-state index in [1.54, 1.807) is 26.1 Å². The fourth-order valence-corrected chi connectivity index (χ4v) is 2.26. The zero-order valence-electron chi connectivity index (χ0n) is 17.4. The van der Waals surface area contributed by atoms with E-state index in [2.05, 4.69) is 36.4 Å². The summed E-state index contributed by atoms with van der Waals surface area (Å²) in [6.07, 6.45) is 2.21. The van der Waals surface area contributed by atoms with E-state index in [0.29, 0.717) is 18.4 Å². The molecule has 1 unspecified atom stereocenters. The van der Waals surface area contributed by atoms with Crippen molar-refractivity contribution < 1.29 is 9.53 Å². The minimum Gasteiger partial charge on any atom is -0.497 e. The maximum absolute atomic E-state index is 11.9. The Kier molecular flexibility index (Phi) is 12.9. The molecule has 0 bridgehead atoms. The normalized spacial score (nSPS) is 12.2. The largest absolute Gasteiger partial charge is 0.497 e. The number of guanidine groups is 1. The van der Waals surface area contributed by atoms with Crippen LogP contribution >= 0.6 is 24.0 Å². The summed E-state index contributed by atoms with van der Waals surface area (Å²) in [5, 5.41) is 6.54. The molecule has 1 rings (SSSR count). The molecule has 1 aromatic rings. The predicted octanol–water partition coefficient (Wildman–Crippen LogP) is 3.26. The van der Waals surface area contributed by atoms with Gasteiger partial charge in [0.25, 0.3) is 0 Å². The molecule has 0 fully saturated rings. The summed E-state index contributed by atoms with van der Waals surface area (Å²) in [6.45, 7) is 7.34. The van der Waals surface area contributed by atoms with E-state index in [0.717, 1.165) is 24.2 Å². The molecule has 0 aliphatic rings. The highest BCUT2D eigenvalue weighted by Gasteiger charge is 2.09. The van der Waals surface area contributed by atoms with E-state index in [-0.39, 0.29) is 42.5 Å². The molecule has 2 N–H and O–H groups in total. The second-order valence-electron chi connectivity index (χ2n) is 7.17. The summed E-state index contributed by atoms with van der Waals surface area (Å²) >= 11 is 0. The smallest absolute Gasteiger partial charge is 0.241 e. The van der Waals surface area contributed by atoms with Crippen molar-refractivity contribution in [2.45, 2.75) is 46.2 Å². The Hall–Kier alpha value is -1.51. The van der Waals surface area contributed by atoms with Gasteiger partial charge in [0.2, 0.25) is 5.91 Å². The van der Waals surface area contributed by atoms with Crippen molar-refractivity contribution in [2.75, 3.05) is 27.7 Å². The maximum Gasteiger partial charge on any atom is 0.241 e. The second kappa shape index (κ2) is 13.6. The third-order valence-corrected chi connectivity index (χ3v) is 4.04. The highest BCUT2D eigenvalue weighted by Crippen LogP contribution is 2.12. The van der Waals surface area contributed by atoms with E-state index in [1.165, 1.54) is 0 Å². The molecule has 6 nitrogen and oxygen atoms in total. The standard InChI is InChI=1S/C20H34N4O2.HI/c1-15(2)7-8-16(3)23-20(22-14-19(25)24(4)5)21-13-17-9-11-18(26-6)12-10-17;/h9-12,15-16H,7-8,13-14H2,1-6H3,(H2,21,22,23);1H. The lowest BCUT2D eigenvalue weighted by Gasteiger charge is -2.20. The molecule has 0 aliphatic heterocycles. The third-order valence-electron chi connectivity index (χ3n) is 4.04. The number of ether oxygens (including phenoxy) is 1. The van der Waals surface area contributed by atoms with E-state index in [9.17, 15) is 4.79 Å². The van der Waals surface area contributed by atoms with Crippen molar-refractivity contribution in [3.63, 3.8) is 0 Å². The van der Waals surface area contributed by atoms with Gasteiger partial charge in [0.1, 0.15) is 5.75 Å². The zero-order valence-corrected chi connectivity index (χ0v) is 19.7. The Morgan fingerprint density at radius 3 is 2.30 bits per heavy atom. The number of nitrogens with one attached hydrogen (secondary N) is 2. The Bertz CT molecular complexity index is 574. The van der Waals surface area contributed by atoms with Crippen molar-refractivity contribution in [2.24, 2.45) is 10.9 Å². The number of hydrogen-bond donors (Lipinski definition) is 2. The molecule has 0 spiro atoms. The molecule has 0 aliphatic carbocycles. The first kappa shape index (κ1) is 25.5. The van der Waals surface area contributed by atoms with Gasteiger partial charge in [-0.25, -0.2) is 4.99 Å². The van der Waals surface area contributed by atoms with Crippen LogP contribution < -0.4 is 15.4 Å². The number of benzene rings is 1. The minimum absolute atomic E-state index is 0. The topological polar surface area (TPSA) is 66.0 Å². The van der Waals surface area contributed by atoms with Crippen LogP contribution in [0.5, 0.6) is 5.75 Å². The Balaban J connectivity index is 0.00000676. The summed E-state index contributed by atoms with van der Waals surface area (Å²) in [4.78, 5) is 18.1. The molecular formula is C20H35IN4O2. The molecule has 154 valence electrons. The number of rotatable bonds is 9. The fourth-order valence-electron chi connectivity index (χ4n) is 2.26. The zero-order chi connectivity index (χ0) is 19.5. The van der Waals surface area contributed by atoms with Crippen LogP contribution in [0.3, 0.4) is 0 Å². The van der Waals surface area contributed by atoms with E-state index < -0.39 is 0 Å². The van der Waals surface area contributed by atoms with Crippen LogP contribution in [0.25, 0.3) is 0 Å². The van der Waals surface area contributed by atoms with Crippen LogP contribution in [0, 0.1) is 5.92 Å². The van der Waals surface area contributed by atoms with Gasteiger partial charge in [0, 0.05) is 20.1 Å². The molecule has 0 radical (unpaired) electrons. The molecule has 27 heavy (non-hydrogen) atoms. The van der Waals surface area contributed by atoms with Crippen molar-refractivity contribution >= 4 is 35.8 Å². The summed E-state index contributed by atoms with van der Waals surface area (Å²) in [5.41, 5.74) is 1.08. The number of likely N-dealkylation sites (N-methyl/N-ethyl adjacent to an activating group) is 1. The molecule has 1 amide bonds. The highest BCUT2D eigenvalue weighted by atomic mass is 127. The van der Waals surface area contributed by atoms with E-state index in [4.69, 9.17) is 4.74 Å². The van der Waals surface area contributed by atoms with Gasteiger partial charge < -0.3 is 20.3 Å². The lowest BCUT2D eigenvalue weighted by atomic mass is 10.0. The number of halogens is 1. The van der Waals surface area contributed by atoms with Crippen LogP contribution in [0.4, 0.5) is 0 Å². The highest BCUT2D eigenvalue weighted by molar-refractivity contribution is 14.0. The summed E-state index contributed by atoms with van der Waals surface area (Å²) in [5.74, 6) is 2.17. The van der Waals surface area contributed by atoms with Gasteiger partial charge in [0.05, 0.1) is 20.2 Å². The second-order valence-corrected chi connectivity index (χ2v) is 7.17. The lowest BCUT2D eigenvalue weighted by Crippen LogP contribution is -2.46. The summed E-state index contributed by atoms with van der Waals surface area (Å²) in [6, 6.07) is 8.12. The molecule has 1 aromatic carbocycles. The molecule has 0 saturated heterocycles. The third kappa shape index (κ3) is 11.0. The van der Waals surface area contributed by atoms with Crippen molar-refractivity contribution in [3.05, 3.63) is 29.8 Å². The van der Waals surface area contributed by atoms with Gasteiger partial charge in [-0.05, 0) is 43.4 Å². The van der Waals surface area contributed by atoms with Crippen molar-refractivity contribution in [1.29, 1.82) is 0 Å². The molecule has 7 heteroatoms. The number of carbonyl (C=O) groups is 1. The number of amides is 1.